The highest BCUT2D eigenvalue weighted by atomic mass is 19.1. The first-order valence-corrected chi connectivity index (χ1v) is 19.2. The van der Waals surface area contributed by atoms with E-state index in [0.717, 1.165) is 74.7 Å². The molecule has 0 saturated heterocycles. The third kappa shape index (κ3) is 9.65. The lowest BCUT2D eigenvalue weighted by Gasteiger charge is -2.49. The van der Waals surface area contributed by atoms with Gasteiger partial charge in [-0.2, -0.15) is 0 Å². The third-order valence-corrected chi connectivity index (χ3v) is 10.9. The van der Waals surface area contributed by atoms with Crippen LogP contribution in [-0.4, -0.2) is 50.6 Å². The summed E-state index contributed by atoms with van der Waals surface area (Å²) >= 11 is 0. The van der Waals surface area contributed by atoms with Gasteiger partial charge < -0.3 is 20.1 Å². The van der Waals surface area contributed by atoms with Crippen molar-refractivity contribution in [2.45, 2.75) is 89.1 Å². The van der Waals surface area contributed by atoms with E-state index in [-0.39, 0.29) is 23.0 Å². The van der Waals surface area contributed by atoms with Gasteiger partial charge in [0.2, 0.25) is 11.8 Å². The maximum atomic E-state index is 13.3. The fourth-order valence-corrected chi connectivity index (χ4v) is 8.22. The van der Waals surface area contributed by atoms with Gasteiger partial charge >= 0.3 is 0 Å². The summed E-state index contributed by atoms with van der Waals surface area (Å²) < 4.78 is 24.8. The molecule has 7 nitrogen and oxygen atoms in total. The molecule has 1 heterocycles. The van der Waals surface area contributed by atoms with Gasteiger partial charge in [-0.3, -0.25) is 14.5 Å². The van der Waals surface area contributed by atoms with Crippen LogP contribution in [0.4, 0.5) is 4.39 Å². The van der Waals surface area contributed by atoms with Crippen LogP contribution in [0.2, 0.25) is 0 Å². The number of benzene rings is 4. The third-order valence-electron chi connectivity index (χ3n) is 10.9. The maximum absolute atomic E-state index is 13.3. The predicted molar refractivity (Wildman–Crippen MR) is 210 cm³/mol. The Morgan fingerprint density at radius 1 is 0.849 bits per heavy atom. The Kier molecular flexibility index (Phi) is 14.1. The zero-order valence-corrected chi connectivity index (χ0v) is 31.9. The van der Waals surface area contributed by atoms with Crippen LogP contribution in [0.3, 0.4) is 0 Å². The van der Waals surface area contributed by atoms with Crippen LogP contribution >= 0.6 is 0 Å². The molecule has 1 aliphatic heterocycles. The van der Waals surface area contributed by atoms with E-state index >= 15 is 0 Å². The number of nitrogens with zero attached hydrogens (tertiary/aromatic N) is 1. The number of nitrogens with one attached hydrogen (secondary N) is 2. The molecule has 2 amide bonds. The number of carbonyl (C=O) groups excluding carboxylic acids is 2. The Balaban J connectivity index is 1.43. The molecule has 2 N–H and O–H groups in total. The Labute approximate surface area is 315 Å². The van der Waals surface area contributed by atoms with E-state index in [2.05, 4.69) is 95.3 Å². The molecular weight excluding hydrogens is 666 g/mol. The lowest BCUT2D eigenvalue weighted by Crippen LogP contribution is -2.60. The van der Waals surface area contributed by atoms with E-state index in [0.29, 0.717) is 37.3 Å². The number of rotatable bonds is 19. The highest BCUT2D eigenvalue weighted by Gasteiger charge is 2.44. The fourth-order valence-electron chi connectivity index (χ4n) is 8.22. The first-order valence-electron chi connectivity index (χ1n) is 19.2. The van der Waals surface area contributed by atoms with Crippen molar-refractivity contribution < 1.29 is 23.5 Å². The first kappa shape index (κ1) is 39.5. The smallest absolute Gasteiger partial charge is 0.220 e. The number of unbranched alkanes of at least 4 members (excludes halogenated alkanes) is 1. The van der Waals surface area contributed by atoms with Crippen molar-refractivity contribution in [3.05, 3.63) is 131 Å². The summed E-state index contributed by atoms with van der Waals surface area (Å²) in [5, 5.41) is 6.62. The van der Waals surface area contributed by atoms with Crippen LogP contribution in [0.15, 0.2) is 97.1 Å². The second-order valence-corrected chi connectivity index (χ2v) is 14.2. The van der Waals surface area contributed by atoms with Crippen molar-refractivity contribution in [3.63, 3.8) is 0 Å². The van der Waals surface area contributed by atoms with E-state index in [1.807, 2.05) is 0 Å². The molecule has 0 fully saturated rings. The predicted octanol–water partition coefficient (Wildman–Crippen LogP) is 8.48. The van der Waals surface area contributed by atoms with Crippen LogP contribution in [0.1, 0.15) is 93.0 Å². The van der Waals surface area contributed by atoms with Gasteiger partial charge in [-0.1, -0.05) is 86.1 Å². The van der Waals surface area contributed by atoms with Gasteiger partial charge in [-0.15, -0.1) is 0 Å². The Hall–Kier alpha value is -4.69. The van der Waals surface area contributed by atoms with Crippen molar-refractivity contribution in [2.75, 3.05) is 33.9 Å². The number of hydrogen-bond donors (Lipinski definition) is 2. The standard InChI is InChI=1S/C45H56FN3O4/c1-5-6-30-49-31-25-36-32-41(52-3)42(53-4)33-40(36)45(49,48-34(2)50)28-13-26-44(37-15-9-7-10-16-37,38-17-11-8-12-18-38)27-14-29-47-43(51)24-21-35-19-22-39(46)23-20-35/h7-12,15-20,22-23,32-33H,5-6,13-14,21,24-31H2,1-4H3,(H,47,51)(H,48,50). The van der Waals surface area contributed by atoms with Crippen molar-refractivity contribution in [2.24, 2.45) is 0 Å². The summed E-state index contributed by atoms with van der Waals surface area (Å²) in [5.74, 6) is 0.996. The van der Waals surface area contributed by atoms with Crippen LogP contribution in [-0.2, 0) is 33.5 Å². The van der Waals surface area contributed by atoms with Gasteiger partial charge in [0.05, 0.1) is 14.2 Å². The molecule has 0 aromatic heterocycles. The molecule has 53 heavy (non-hydrogen) atoms. The lowest BCUT2D eigenvalue weighted by molar-refractivity contribution is -0.125. The van der Waals surface area contributed by atoms with Crippen molar-refractivity contribution in [3.8, 4) is 11.5 Å². The Bertz CT molecular complexity index is 1730. The van der Waals surface area contributed by atoms with Gasteiger partial charge in [-0.05, 0) is 103 Å². The zero-order valence-electron chi connectivity index (χ0n) is 31.9. The van der Waals surface area contributed by atoms with Crippen LogP contribution in [0, 0.1) is 5.82 Å². The summed E-state index contributed by atoms with van der Waals surface area (Å²) in [6.45, 7) is 6.06. The highest BCUT2D eigenvalue weighted by Crippen LogP contribution is 2.46. The summed E-state index contributed by atoms with van der Waals surface area (Å²) in [4.78, 5) is 28.5. The molecule has 0 aliphatic carbocycles. The minimum Gasteiger partial charge on any atom is -0.493 e. The number of aryl methyl sites for hydroxylation is 1. The minimum absolute atomic E-state index is 0.00760. The maximum Gasteiger partial charge on any atom is 0.220 e. The zero-order chi connectivity index (χ0) is 37.7. The molecule has 5 rings (SSSR count). The van der Waals surface area contributed by atoms with E-state index in [9.17, 15) is 14.0 Å². The molecule has 0 bridgehead atoms. The number of hydrogen-bond acceptors (Lipinski definition) is 5. The van der Waals surface area contributed by atoms with Crippen LogP contribution in [0.25, 0.3) is 0 Å². The molecular formula is C45H56FN3O4. The molecule has 0 spiro atoms. The molecule has 1 aliphatic rings. The average molecular weight is 722 g/mol. The monoisotopic (exact) mass is 721 g/mol. The molecule has 8 heteroatoms. The normalized spacial score (nSPS) is 15.7. The summed E-state index contributed by atoms with van der Waals surface area (Å²) in [5.41, 5.74) is 4.60. The molecule has 4 aromatic carbocycles. The number of amides is 2. The second kappa shape index (κ2) is 18.9. The fraction of sp³-hybridized carbons (Fsp3) is 0.422. The van der Waals surface area contributed by atoms with Crippen molar-refractivity contribution in [1.82, 2.24) is 15.5 Å². The molecule has 282 valence electrons. The number of carbonyl (C=O) groups is 2. The van der Waals surface area contributed by atoms with Gasteiger partial charge in [-0.25, -0.2) is 4.39 Å². The SMILES string of the molecule is CCCCN1CCc2cc(OC)c(OC)cc2C1(CCCC(CCCNC(=O)CCc1ccc(F)cc1)(c1ccccc1)c1ccccc1)NC(C)=O. The van der Waals surface area contributed by atoms with Gasteiger partial charge in [0.15, 0.2) is 11.5 Å². The molecule has 1 unspecified atom stereocenters. The molecule has 1 atom stereocenters. The van der Waals surface area contributed by atoms with E-state index in [1.54, 1.807) is 33.3 Å². The van der Waals surface area contributed by atoms with Crippen molar-refractivity contribution in [1.29, 1.82) is 0 Å². The highest BCUT2D eigenvalue weighted by molar-refractivity contribution is 5.76. The Morgan fingerprint density at radius 3 is 2.08 bits per heavy atom. The van der Waals surface area contributed by atoms with E-state index in [1.165, 1.54) is 23.3 Å². The lowest BCUT2D eigenvalue weighted by atomic mass is 9.67. The molecule has 0 radical (unpaired) electrons. The number of fused-ring (bicyclic) bond motifs is 1. The summed E-state index contributed by atoms with van der Waals surface area (Å²) in [7, 11) is 3.32. The largest absolute Gasteiger partial charge is 0.493 e. The minimum atomic E-state index is -0.717. The van der Waals surface area contributed by atoms with Crippen LogP contribution < -0.4 is 20.1 Å². The second-order valence-electron chi connectivity index (χ2n) is 14.2. The van der Waals surface area contributed by atoms with Gasteiger partial charge in [0, 0.05) is 38.4 Å². The molecule has 4 aromatic rings. The number of methoxy groups -OCH3 is 2. The first-order chi connectivity index (χ1) is 25.7. The number of ether oxygens (including phenoxy) is 2. The topological polar surface area (TPSA) is 79.9 Å². The summed E-state index contributed by atoms with van der Waals surface area (Å²) in [6, 6.07) is 31.9. The van der Waals surface area contributed by atoms with Crippen LogP contribution in [0.5, 0.6) is 11.5 Å². The van der Waals surface area contributed by atoms with E-state index in [4.69, 9.17) is 9.47 Å². The number of halogens is 1. The molecule has 0 saturated carbocycles. The van der Waals surface area contributed by atoms with Gasteiger partial charge in [0.1, 0.15) is 11.5 Å². The van der Waals surface area contributed by atoms with Gasteiger partial charge in [0.25, 0.3) is 0 Å². The Morgan fingerprint density at radius 2 is 1.47 bits per heavy atom. The van der Waals surface area contributed by atoms with Crippen molar-refractivity contribution >= 4 is 11.8 Å². The average Bonchev–Trinajstić information content (AvgIpc) is 3.18. The summed E-state index contributed by atoms with van der Waals surface area (Å²) in [6.07, 6.45) is 7.84. The van der Waals surface area contributed by atoms with E-state index < -0.39 is 5.66 Å². The quantitative estimate of drug-likeness (QED) is 0.0951.